The molecule has 0 N–H and O–H groups in total. The van der Waals surface area contributed by atoms with Crippen molar-refractivity contribution in [3.05, 3.63) is 75.8 Å². The molecule has 37 heavy (non-hydrogen) atoms. The van der Waals surface area contributed by atoms with Gasteiger partial charge in [0.1, 0.15) is 0 Å². The van der Waals surface area contributed by atoms with Crippen LogP contribution < -0.4 is 0 Å². The van der Waals surface area contributed by atoms with Gasteiger partial charge in [-0.05, 0) is 67.3 Å². The number of nitrogens with zero attached hydrogens (tertiary/aromatic N) is 3. The van der Waals surface area contributed by atoms with Crippen LogP contribution in [0.4, 0.5) is 0 Å². The molecule has 6 heteroatoms. The van der Waals surface area contributed by atoms with Crippen molar-refractivity contribution in [2.24, 2.45) is 4.99 Å². The summed E-state index contributed by atoms with van der Waals surface area (Å²) in [5.41, 5.74) is 3.45. The highest BCUT2D eigenvalue weighted by Gasteiger charge is 2.39. The van der Waals surface area contributed by atoms with Crippen LogP contribution >= 0.6 is 23.4 Å². The van der Waals surface area contributed by atoms with Gasteiger partial charge in [-0.2, -0.15) is 0 Å². The number of benzene rings is 2. The number of halogens is 1. The number of rotatable bonds is 5. The van der Waals surface area contributed by atoms with E-state index in [1.807, 2.05) is 12.1 Å². The van der Waals surface area contributed by atoms with Crippen molar-refractivity contribution in [2.75, 3.05) is 0 Å². The number of thioether (sulfide) groups is 1. The van der Waals surface area contributed by atoms with Crippen molar-refractivity contribution in [3.63, 3.8) is 0 Å². The van der Waals surface area contributed by atoms with Gasteiger partial charge in [-0.25, -0.2) is 0 Å². The molecule has 0 atom stereocenters. The van der Waals surface area contributed by atoms with Gasteiger partial charge in [-0.15, -0.1) is 0 Å². The first-order valence-electron chi connectivity index (χ1n) is 13.8. The molecule has 6 rings (SSSR count). The molecule has 2 aromatic carbocycles. The smallest absolute Gasteiger partial charge is 0.267 e. The van der Waals surface area contributed by atoms with Gasteiger partial charge in [-0.1, -0.05) is 80.5 Å². The quantitative estimate of drug-likeness (QED) is 0.310. The second-order valence-electron chi connectivity index (χ2n) is 10.6. The maximum absolute atomic E-state index is 13.9. The molecule has 3 aromatic rings. The Balaban J connectivity index is 1.34. The Kier molecular flexibility index (Phi) is 7.43. The van der Waals surface area contributed by atoms with Crippen LogP contribution in [-0.2, 0) is 11.3 Å². The number of fused-ring (bicyclic) bond motifs is 1. The zero-order chi connectivity index (χ0) is 25.2. The molecule has 1 saturated heterocycles. The fourth-order valence-corrected chi connectivity index (χ4v) is 7.28. The van der Waals surface area contributed by atoms with Gasteiger partial charge < -0.3 is 4.57 Å². The summed E-state index contributed by atoms with van der Waals surface area (Å²) in [5.74, 6) is 0.140. The molecular formula is C31H34ClN3OS. The lowest BCUT2D eigenvalue weighted by atomic mass is 9.94. The first-order chi connectivity index (χ1) is 18.2. The molecule has 3 fully saturated rings. The van der Waals surface area contributed by atoms with Crippen LogP contribution in [0.25, 0.3) is 17.0 Å². The highest BCUT2D eigenvalue weighted by molar-refractivity contribution is 8.18. The predicted molar refractivity (Wildman–Crippen MR) is 156 cm³/mol. The minimum atomic E-state index is 0.140. The number of amides is 1. The lowest BCUT2D eigenvalue weighted by Crippen LogP contribution is -2.41. The standard InChI is InChI=1S/C31H34ClN3OS/c32-24-17-15-22(16-18-24)20-34-21-23(27-13-7-8-14-28(27)34)19-29-30(36)35(26-11-5-2-6-12-26)31(37-29)33-25-9-3-1-4-10-25/h7-8,13-19,21,25-26H,1-6,9-12,20H2. The molecule has 0 radical (unpaired) electrons. The van der Waals surface area contributed by atoms with Crippen molar-refractivity contribution in [1.82, 2.24) is 9.47 Å². The molecule has 1 aliphatic heterocycles. The van der Waals surface area contributed by atoms with Crippen LogP contribution in [0.5, 0.6) is 0 Å². The van der Waals surface area contributed by atoms with Gasteiger partial charge in [0.15, 0.2) is 5.17 Å². The van der Waals surface area contributed by atoms with Crippen LogP contribution in [0.2, 0.25) is 5.02 Å². The Labute approximate surface area is 228 Å². The third kappa shape index (κ3) is 5.39. The van der Waals surface area contributed by atoms with E-state index in [-0.39, 0.29) is 11.9 Å². The second kappa shape index (κ2) is 11.1. The lowest BCUT2D eigenvalue weighted by Gasteiger charge is -2.31. The minimum absolute atomic E-state index is 0.140. The van der Waals surface area contributed by atoms with Crippen LogP contribution in [0.3, 0.4) is 0 Å². The number of aromatic nitrogens is 1. The van der Waals surface area contributed by atoms with Crippen molar-refractivity contribution < 1.29 is 4.79 Å². The SMILES string of the molecule is O=C1C(=Cc2cn(Cc3ccc(Cl)cc3)c3ccccc23)SC(=NC2CCCCC2)N1C1CCCCC1. The van der Waals surface area contributed by atoms with E-state index < -0.39 is 0 Å². The zero-order valence-electron chi connectivity index (χ0n) is 21.2. The van der Waals surface area contributed by atoms with E-state index in [4.69, 9.17) is 16.6 Å². The first kappa shape index (κ1) is 24.8. The zero-order valence-corrected chi connectivity index (χ0v) is 22.8. The van der Waals surface area contributed by atoms with Gasteiger partial charge in [0, 0.05) is 40.3 Å². The van der Waals surface area contributed by atoms with Crippen molar-refractivity contribution in [3.8, 4) is 0 Å². The van der Waals surface area contributed by atoms with Gasteiger partial charge in [0.25, 0.3) is 5.91 Å². The number of hydrogen-bond acceptors (Lipinski definition) is 3. The van der Waals surface area contributed by atoms with Crippen molar-refractivity contribution in [2.45, 2.75) is 82.8 Å². The predicted octanol–water partition coefficient (Wildman–Crippen LogP) is 8.28. The number of carbonyl (C=O) groups is 1. The van der Waals surface area contributed by atoms with Crippen LogP contribution in [0, 0.1) is 0 Å². The highest BCUT2D eigenvalue weighted by Crippen LogP contribution is 2.39. The maximum Gasteiger partial charge on any atom is 0.267 e. The molecule has 1 amide bonds. The monoisotopic (exact) mass is 531 g/mol. The average Bonchev–Trinajstić information content (AvgIpc) is 3.43. The summed E-state index contributed by atoms with van der Waals surface area (Å²) in [5, 5.41) is 2.86. The van der Waals surface area contributed by atoms with Gasteiger partial charge >= 0.3 is 0 Å². The second-order valence-corrected chi connectivity index (χ2v) is 12.1. The van der Waals surface area contributed by atoms with Crippen molar-refractivity contribution >= 4 is 51.4 Å². The van der Waals surface area contributed by atoms with Crippen LogP contribution in [-0.4, -0.2) is 32.6 Å². The number of carbonyl (C=O) groups excluding carboxylic acids is 1. The summed E-state index contributed by atoms with van der Waals surface area (Å²) in [7, 11) is 0. The summed E-state index contributed by atoms with van der Waals surface area (Å²) >= 11 is 7.70. The maximum atomic E-state index is 13.9. The topological polar surface area (TPSA) is 37.6 Å². The van der Waals surface area contributed by atoms with E-state index in [2.05, 4.69) is 58.1 Å². The first-order valence-corrected chi connectivity index (χ1v) is 15.0. The summed E-state index contributed by atoms with van der Waals surface area (Å²) in [6.45, 7) is 0.754. The molecule has 1 aromatic heterocycles. The largest absolute Gasteiger partial charge is 0.342 e. The number of para-hydroxylation sites is 1. The molecule has 3 aliphatic rings. The fourth-order valence-electron chi connectivity index (χ4n) is 6.05. The Morgan fingerprint density at radius 3 is 2.38 bits per heavy atom. The summed E-state index contributed by atoms with van der Waals surface area (Å²) in [6, 6.07) is 17.1. The van der Waals surface area contributed by atoms with E-state index in [1.165, 1.54) is 55.0 Å². The Bertz CT molecular complexity index is 1330. The molecule has 0 unspecified atom stereocenters. The summed E-state index contributed by atoms with van der Waals surface area (Å²) in [6.07, 6.45) is 16.2. The molecule has 2 saturated carbocycles. The summed E-state index contributed by atoms with van der Waals surface area (Å²) < 4.78 is 2.27. The van der Waals surface area contributed by atoms with Gasteiger partial charge in [0.2, 0.25) is 0 Å². The third-order valence-electron chi connectivity index (χ3n) is 8.02. The lowest BCUT2D eigenvalue weighted by molar-refractivity contribution is -0.124. The normalized spacial score (nSPS) is 22.1. The van der Waals surface area contributed by atoms with E-state index in [1.54, 1.807) is 11.8 Å². The molecular weight excluding hydrogens is 498 g/mol. The molecule has 192 valence electrons. The molecule has 2 heterocycles. The van der Waals surface area contributed by atoms with E-state index in [0.29, 0.717) is 6.04 Å². The van der Waals surface area contributed by atoms with Crippen LogP contribution in [0.15, 0.2) is 64.6 Å². The molecule has 0 bridgehead atoms. The third-order valence-corrected chi connectivity index (χ3v) is 9.27. The minimum Gasteiger partial charge on any atom is -0.342 e. The fraction of sp³-hybridized carbons (Fsp3) is 0.419. The van der Waals surface area contributed by atoms with E-state index in [0.717, 1.165) is 52.9 Å². The molecule has 0 spiro atoms. The van der Waals surface area contributed by atoms with E-state index >= 15 is 0 Å². The number of hydrogen-bond donors (Lipinski definition) is 0. The number of amidine groups is 1. The van der Waals surface area contributed by atoms with E-state index in [9.17, 15) is 4.79 Å². The highest BCUT2D eigenvalue weighted by atomic mass is 35.5. The molecule has 4 nitrogen and oxygen atoms in total. The Morgan fingerprint density at radius 1 is 0.919 bits per heavy atom. The number of aliphatic imine (C=N–C) groups is 1. The average molecular weight is 532 g/mol. The molecule has 2 aliphatic carbocycles. The Hall–Kier alpha value is -2.50. The van der Waals surface area contributed by atoms with Gasteiger partial charge in [-0.3, -0.25) is 14.7 Å². The Morgan fingerprint density at radius 2 is 1.62 bits per heavy atom. The van der Waals surface area contributed by atoms with Crippen molar-refractivity contribution in [1.29, 1.82) is 0 Å². The van der Waals surface area contributed by atoms with Crippen LogP contribution in [0.1, 0.15) is 75.3 Å². The van der Waals surface area contributed by atoms with Gasteiger partial charge in [0.05, 0.1) is 10.9 Å². The summed E-state index contributed by atoms with van der Waals surface area (Å²) in [4.78, 5) is 21.9.